The van der Waals surface area contributed by atoms with Gasteiger partial charge in [-0.25, -0.2) is 4.98 Å². The van der Waals surface area contributed by atoms with E-state index in [-0.39, 0.29) is 0 Å². The number of aromatic nitrogens is 1. The molecule has 0 aliphatic rings. The van der Waals surface area contributed by atoms with Crippen molar-refractivity contribution in [3.63, 3.8) is 0 Å². The zero-order valence-corrected chi connectivity index (χ0v) is 7.96. The van der Waals surface area contributed by atoms with Gasteiger partial charge >= 0.3 is 0 Å². The lowest BCUT2D eigenvalue weighted by atomic mass is 10.2. The molecule has 1 aromatic heterocycles. The van der Waals surface area contributed by atoms with Crippen molar-refractivity contribution in [1.82, 2.24) is 4.98 Å². The molecule has 0 atom stereocenters. The van der Waals surface area contributed by atoms with Gasteiger partial charge in [0.1, 0.15) is 5.82 Å². The van der Waals surface area contributed by atoms with Gasteiger partial charge in [-0.1, -0.05) is 23.8 Å². The Labute approximate surface area is 82.4 Å². The Bertz CT molecular complexity index is 310. The van der Waals surface area contributed by atoms with Crippen LogP contribution in [-0.4, -0.2) is 11.5 Å². The minimum atomic E-state index is 0.359. The third-order valence-electron chi connectivity index (χ3n) is 1.53. The average molecular weight is 198 g/mol. The topological polar surface area (TPSA) is 64.9 Å². The van der Waals surface area contributed by atoms with E-state index < -0.39 is 0 Å². The van der Waals surface area contributed by atoms with Crippen molar-refractivity contribution >= 4 is 23.5 Å². The second kappa shape index (κ2) is 4.84. The first-order valence-corrected chi connectivity index (χ1v) is 4.39. The fraction of sp³-hybridized carbons (Fsp3) is 0.222. The van der Waals surface area contributed by atoms with Crippen LogP contribution in [0.3, 0.4) is 0 Å². The molecule has 4 N–H and O–H groups in total. The van der Waals surface area contributed by atoms with Gasteiger partial charge in [0, 0.05) is 6.20 Å². The van der Waals surface area contributed by atoms with Gasteiger partial charge in [-0.15, -0.1) is 0 Å². The van der Waals surface area contributed by atoms with Crippen LogP contribution in [-0.2, 0) is 0 Å². The van der Waals surface area contributed by atoms with E-state index in [9.17, 15) is 0 Å². The number of nitrogens with two attached hydrogens (primary N) is 2. The molecule has 13 heavy (non-hydrogen) atoms. The molecule has 0 spiro atoms. The summed E-state index contributed by atoms with van der Waals surface area (Å²) in [5.74, 6) is 0.359. The third-order valence-corrected chi connectivity index (χ3v) is 1.84. The first-order valence-electron chi connectivity index (χ1n) is 4.01. The predicted octanol–water partition coefficient (Wildman–Crippen LogP) is 1.68. The van der Waals surface area contributed by atoms with E-state index in [1.165, 1.54) is 0 Å². The minimum absolute atomic E-state index is 0.359. The summed E-state index contributed by atoms with van der Waals surface area (Å²) in [5.41, 5.74) is 11.7. The monoisotopic (exact) mass is 197 g/mol. The Hall–Kier alpha value is -1.06. The zero-order chi connectivity index (χ0) is 9.68. The number of rotatable bonds is 3. The van der Waals surface area contributed by atoms with E-state index >= 15 is 0 Å². The quantitative estimate of drug-likeness (QED) is 0.775. The van der Waals surface area contributed by atoms with Crippen molar-refractivity contribution in [2.75, 3.05) is 12.3 Å². The SMILES string of the molecule is NCC/C=C/c1cnc(N)c(Cl)c1. The van der Waals surface area contributed by atoms with Gasteiger partial charge in [0.15, 0.2) is 0 Å². The Morgan fingerprint density at radius 2 is 2.31 bits per heavy atom. The normalized spacial score (nSPS) is 10.9. The Morgan fingerprint density at radius 1 is 1.54 bits per heavy atom. The van der Waals surface area contributed by atoms with Crippen molar-refractivity contribution in [3.05, 3.63) is 28.9 Å². The number of halogens is 1. The summed E-state index contributed by atoms with van der Waals surface area (Å²) in [6.07, 6.45) is 6.42. The molecule has 0 bridgehead atoms. The fourth-order valence-corrected chi connectivity index (χ4v) is 1.04. The maximum Gasteiger partial charge on any atom is 0.142 e. The van der Waals surface area contributed by atoms with Crippen LogP contribution in [0.25, 0.3) is 6.08 Å². The number of hydrogen-bond donors (Lipinski definition) is 2. The van der Waals surface area contributed by atoms with Gasteiger partial charge in [-0.3, -0.25) is 0 Å². The largest absolute Gasteiger partial charge is 0.382 e. The maximum atomic E-state index is 5.78. The lowest BCUT2D eigenvalue weighted by molar-refractivity contribution is 1.01. The Kier molecular flexibility index (Phi) is 3.73. The van der Waals surface area contributed by atoms with Gasteiger partial charge in [0.2, 0.25) is 0 Å². The molecule has 0 unspecified atom stereocenters. The van der Waals surface area contributed by atoms with Crippen LogP contribution in [0.15, 0.2) is 18.3 Å². The molecular weight excluding hydrogens is 186 g/mol. The van der Waals surface area contributed by atoms with Crippen LogP contribution < -0.4 is 11.5 Å². The summed E-state index contributed by atoms with van der Waals surface area (Å²) in [6, 6.07) is 1.77. The first kappa shape index (κ1) is 10.0. The summed E-state index contributed by atoms with van der Waals surface area (Å²) in [4.78, 5) is 3.92. The van der Waals surface area contributed by atoms with E-state index in [0.29, 0.717) is 17.4 Å². The molecule has 0 saturated carbocycles. The highest BCUT2D eigenvalue weighted by Gasteiger charge is 1.96. The summed E-state index contributed by atoms with van der Waals surface area (Å²) >= 11 is 5.78. The van der Waals surface area contributed by atoms with Crippen LogP contribution in [0.2, 0.25) is 5.02 Å². The molecule has 0 amide bonds. The molecule has 0 radical (unpaired) electrons. The highest BCUT2D eigenvalue weighted by atomic mass is 35.5. The van der Waals surface area contributed by atoms with Crippen molar-refractivity contribution in [2.45, 2.75) is 6.42 Å². The summed E-state index contributed by atoms with van der Waals surface area (Å²) in [5, 5.41) is 0.481. The predicted molar refractivity (Wildman–Crippen MR) is 56.4 cm³/mol. The number of hydrogen-bond acceptors (Lipinski definition) is 3. The standard InChI is InChI=1S/C9H12ClN3/c10-8-5-7(3-1-2-4-11)6-13-9(8)12/h1,3,5-6H,2,4,11H2,(H2,12,13)/b3-1+. The summed E-state index contributed by atoms with van der Waals surface area (Å²) in [6.45, 7) is 0.645. The molecule has 0 aromatic carbocycles. The van der Waals surface area contributed by atoms with E-state index in [0.717, 1.165) is 12.0 Å². The molecule has 0 saturated heterocycles. The van der Waals surface area contributed by atoms with Crippen molar-refractivity contribution < 1.29 is 0 Å². The van der Waals surface area contributed by atoms with Crippen molar-refractivity contribution in [2.24, 2.45) is 5.73 Å². The van der Waals surface area contributed by atoms with E-state index in [2.05, 4.69) is 4.98 Å². The van der Waals surface area contributed by atoms with Gasteiger partial charge in [0.25, 0.3) is 0 Å². The van der Waals surface area contributed by atoms with Gasteiger partial charge in [-0.05, 0) is 24.6 Å². The Morgan fingerprint density at radius 3 is 2.92 bits per heavy atom. The van der Waals surface area contributed by atoms with E-state index in [4.69, 9.17) is 23.1 Å². The van der Waals surface area contributed by atoms with E-state index in [1.54, 1.807) is 12.3 Å². The molecular formula is C9H12ClN3. The smallest absolute Gasteiger partial charge is 0.142 e. The zero-order valence-electron chi connectivity index (χ0n) is 7.20. The van der Waals surface area contributed by atoms with Gasteiger partial charge in [0.05, 0.1) is 5.02 Å². The molecule has 3 nitrogen and oxygen atoms in total. The molecule has 4 heteroatoms. The third kappa shape index (κ3) is 3.05. The van der Waals surface area contributed by atoms with Gasteiger partial charge in [-0.2, -0.15) is 0 Å². The molecule has 1 rings (SSSR count). The van der Waals surface area contributed by atoms with Gasteiger partial charge < -0.3 is 11.5 Å². The molecule has 70 valence electrons. The van der Waals surface area contributed by atoms with Crippen molar-refractivity contribution in [3.8, 4) is 0 Å². The average Bonchev–Trinajstić information content (AvgIpc) is 2.12. The van der Waals surface area contributed by atoms with E-state index in [1.807, 2.05) is 12.2 Å². The molecule has 0 fully saturated rings. The highest BCUT2D eigenvalue weighted by molar-refractivity contribution is 6.32. The highest BCUT2D eigenvalue weighted by Crippen LogP contribution is 2.17. The van der Waals surface area contributed by atoms with Crippen molar-refractivity contribution in [1.29, 1.82) is 0 Å². The lowest BCUT2D eigenvalue weighted by Crippen LogP contribution is -1.95. The Balaban J connectivity index is 2.73. The second-order valence-corrected chi connectivity index (χ2v) is 3.02. The molecule has 0 aliphatic heterocycles. The van der Waals surface area contributed by atoms with Crippen LogP contribution in [0.1, 0.15) is 12.0 Å². The maximum absolute atomic E-state index is 5.78. The van der Waals surface area contributed by atoms with Crippen LogP contribution in [0, 0.1) is 0 Å². The number of nitrogens with zero attached hydrogens (tertiary/aromatic N) is 1. The first-order chi connectivity index (χ1) is 6.24. The fourth-order valence-electron chi connectivity index (χ4n) is 0.870. The van der Waals surface area contributed by atoms with Crippen LogP contribution >= 0.6 is 11.6 Å². The lowest BCUT2D eigenvalue weighted by Gasteiger charge is -1.97. The summed E-state index contributed by atoms with van der Waals surface area (Å²) in [7, 11) is 0. The molecule has 0 aliphatic carbocycles. The number of nitrogen functional groups attached to an aromatic ring is 1. The second-order valence-electron chi connectivity index (χ2n) is 2.62. The number of pyridine rings is 1. The van der Waals surface area contributed by atoms with Crippen LogP contribution in [0.4, 0.5) is 5.82 Å². The molecule has 1 heterocycles. The van der Waals surface area contributed by atoms with Crippen LogP contribution in [0.5, 0.6) is 0 Å². The summed E-state index contributed by atoms with van der Waals surface area (Å²) < 4.78 is 0. The minimum Gasteiger partial charge on any atom is -0.382 e. The number of anilines is 1. The molecule has 1 aromatic rings.